The monoisotopic (exact) mass is 396 g/mol. The highest BCUT2D eigenvalue weighted by Crippen LogP contribution is 2.28. The molecule has 3 amide bonds. The van der Waals surface area contributed by atoms with Crippen LogP contribution in [0.25, 0.3) is 0 Å². The summed E-state index contributed by atoms with van der Waals surface area (Å²) in [5.74, 6) is -2.10. The van der Waals surface area contributed by atoms with Crippen LogP contribution in [0.4, 0.5) is 0 Å². The summed E-state index contributed by atoms with van der Waals surface area (Å²) in [6.45, 7) is 4.68. The lowest BCUT2D eigenvalue weighted by atomic mass is 10.0. The van der Waals surface area contributed by atoms with E-state index < -0.39 is 35.4 Å². The molecule has 0 radical (unpaired) electrons. The number of hydrogen-bond donors (Lipinski definition) is 3. The van der Waals surface area contributed by atoms with E-state index in [2.05, 4.69) is 21.1 Å². The molecule has 1 unspecified atom stereocenters. The molecule has 1 aliphatic rings. The fourth-order valence-corrected chi connectivity index (χ4v) is 2.41. The average molecular weight is 396 g/mol. The Morgan fingerprint density at radius 3 is 2.54 bits per heavy atom. The molecule has 11 nitrogen and oxygen atoms in total. The van der Waals surface area contributed by atoms with E-state index in [0.29, 0.717) is 12.3 Å². The van der Waals surface area contributed by atoms with E-state index >= 15 is 0 Å². The van der Waals surface area contributed by atoms with Gasteiger partial charge in [0.15, 0.2) is 5.78 Å². The van der Waals surface area contributed by atoms with Crippen molar-refractivity contribution in [3.05, 3.63) is 17.5 Å². The molecule has 0 aromatic carbocycles. The van der Waals surface area contributed by atoms with Gasteiger partial charge < -0.3 is 29.9 Å². The molecule has 28 heavy (non-hydrogen) atoms. The number of aromatic nitrogens is 1. The molecular weight excluding hydrogens is 372 g/mol. The molecule has 0 saturated carbocycles. The number of aryl methyl sites for hydroxylation is 1. The Morgan fingerprint density at radius 2 is 2.00 bits per heavy atom. The lowest BCUT2D eigenvalue weighted by molar-refractivity contribution is -0.131. The van der Waals surface area contributed by atoms with Crippen LogP contribution in [0.1, 0.15) is 30.1 Å². The molecule has 154 valence electrons. The van der Waals surface area contributed by atoms with Crippen molar-refractivity contribution in [1.82, 2.24) is 21.1 Å². The Balaban J connectivity index is 1.83. The summed E-state index contributed by atoms with van der Waals surface area (Å²) in [6, 6.07) is -0.373. The quantitative estimate of drug-likeness (QED) is 0.413. The van der Waals surface area contributed by atoms with Crippen LogP contribution in [0.5, 0.6) is 0 Å². The fourth-order valence-electron chi connectivity index (χ4n) is 2.41. The minimum atomic E-state index is -1.05. The van der Waals surface area contributed by atoms with Gasteiger partial charge in [-0.15, -0.1) is 0 Å². The molecule has 1 fully saturated rings. The molecule has 2 rings (SSSR count). The first-order valence-electron chi connectivity index (χ1n) is 8.64. The van der Waals surface area contributed by atoms with Crippen molar-refractivity contribution >= 4 is 23.5 Å². The van der Waals surface area contributed by atoms with Gasteiger partial charge in [0.2, 0.25) is 17.6 Å². The van der Waals surface area contributed by atoms with E-state index in [1.165, 1.54) is 13.2 Å². The van der Waals surface area contributed by atoms with Crippen LogP contribution in [0.2, 0.25) is 0 Å². The van der Waals surface area contributed by atoms with Gasteiger partial charge in [0.1, 0.15) is 11.6 Å². The first kappa shape index (κ1) is 21.5. The fraction of sp³-hybridized carbons (Fsp3) is 0.588. The molecule has 1 aromatic heterocycles. The van der Waals surface area contributed by atoms with Gasteiger partial charge in [0.25, 0.3) is 5.91 Å². The predicted molar refractivity (Wildman–Crippen MR) is 94.3 cm³/mol. The van der Waals surface area contributed by atoms with Crippen LogP contribution >= 0.6 is 0 Å². The number of hydrogen-bond acceptors (Lipinski definition) is 8. The van der Waals surface area contributed by atoms with Crippen LogP contribution in [-0.2, 0) is 23.9 Å². The number of epoxide rings is 1. The van der Waals surface area contributed by atoms with Crippen LogP contribution in [-0.4, -0.2) is 73.2 Å². The van der Waals surface area contributed by atoms with Crippen molar-refractivity contribution in [1.29, 1.82) is 0 Å². The van der Waals surface area contributed by atoms with Crippen molar-refractivity contribution in [2.24, 2.45) is 0 Å². The maximum Gasteiger partial charge on any atom is 0.290 e. The Morgan fingerprint density at radius 1 is 1.32 bits per heavy atom. The van der Waals surface area contributed by atoms with Gasteiger partial charge in [-0.05, 0) is 20.8 Å². The minimum absolute atomic E-state index is 0.0488. The SMILES string of the molecule is COC[C@H](NC(=O)c1cc(C)no1)C(=O)NCC(=O)N[C@@H](C)C(=O)C1(C)CO1. The summed E-state index contributed by atoms with van der Waals surface area (Å²) >= 11 is 0. The average Bonchev–Trinajstić information content (AvgIpc) is 3.25. The second-order valence-electron chi connectivity index (χ2n) is 6.70. The number of carbonyl (C=O) groups is 4. The molecule has 11 heteroatoms. The smallest absolute Gasteiger partial charge is 0.290 e. The van der Waals surface area contributed by atoms with E-state index in [1.54, 1.807) is 20.8 Å². The number of ketones is 1. The highest BCUT2D eigenvalue weighted by molar-refractivity contribution is 5.98. The Bertz CT molecular complexity index is 756. The van der Waals surface area contributed by atoms with E-state index in [9.17, 15) is 19.2 Å². The van der Waals surface area contributed by atoms with Gasteiger partial charge in [0.05, 0.1) is 31.5 Å². The minimum Gasteiger partial charge on any atom is -0.382 e. The Kier molecular flexibility index (Phi) is 6.86. The molecule has 2 heterocycles. The normalized spacial score (nSPS) is 20.0. The topological polar surface area (TPSA) is 152 Å². The summed E-state index contributed by atoms with van der Waals surface area (Å²) < 4.78 is 14.8. The first-order chi connectivity index (χ1) is 13.2. The lowest BCUT2D eigenvalue weighted by Crippen LogP contribution is -2.52. The number of rotatable bonds is 10. The van der Waals surface area contributed by atoms with Crippen LogP contribution in [0.3, 0.4) is 0 Å². The van der Waals surface area contributed by atoms with Crippen molar-refractivity contribution in [2.75, 3.05) is 26.9 Å². The summed E-state index contributed by atoms with van der Waals surface area (Å²) in [6.07, 6.45) is 0. The number of methoxy groups -OCH3 is 1. The molecular formula is C17H24N4O7. The van der Waals surface area contributed by atoms with Gasteiger partial charge in [-0.2, -0.15) is 0 Å². The number of nitrogens with zero attached hydrogens (tertiary/aromatic N) is 1. The summed E-state index contributed by atoms with van der Waals surface area (Å²) in [5.41, 5.74) is -0.327. The maximum absolute atomic E-state index is 12.3. The second kappa shape index (κ2) is 8.93. The maximum atomic E-state index is 12.3. The number of carbonyl (C=O) groups excluding carboxylic acids is 4. The molecule has 0 aliphatic carbocycles. The van der Waals surface area contributed by atoms with Gasteiger partial charge >= 0.3 is 0 Å². The highest BCUT2D eigenvalue weighted by atomic mass is 16.6. The molecule has 0 bridgehead atoms. The van der Waals surface area contributed by atoms with Gasteiger partial charge in [-0.1, -0.05) is 5.16 Å². The van der Waals surface area contributed by atoms with Crippen LogP contribution in [0.15, 0.2) is 10.6 Å². The number of amides is 3. The van der Waals surface area contributed by atoms with Gasteiger partial charge in [0, 0.05) is 13.2 Å². The molecule has 1 aromatic rings. The van der Waals surface area contributed by atoms with E-state index in [0.717, 1.165) is 0 Å². The Hall–Kier alpha value is -2.79. The summed E-state index contributed by atoms with van der Waals surface area (Å²) in [5, 5.41) is 10.9. The third-order valence-electron chi connectivity index (χ3n) is 4.10. The zero-order chi connectivity index (χ0) is 20.9. The standard InChI is InChI=1S/C17H24N4O7/c1-9-5-12(28-21-9)16(25)20-11(7-26-4)15(24)18-6-13(22)19-10(2)14(23)17(3)8-27-17/h5,10-11H,6-8H2,1-4H3,(H,18,24)(H,19,22)(H,20,25)/t10-,11-,17?/m0/s1. The molecule has 1 saturated heterocycles. The zero-order valence-corrected chi connectivity index (χ0v) is 16.2. The van der Waals surface area contributed by atoms with Crippen molar-refractivity contribution in [3.63, 3.8) is 0 Å². The Labute approximate surface area is 161 Å². The highest BCUT2D eigenvalue weighted by Gasteiger charge is 2.48. The van der Waals surface area contributed by atoms with Crippen LogP contribution < -0.4 is 16.0 Å². The third kappa shape index (κ3) is 5.60. The van der Waals surface area contributed by atoms with Crippen LogP contribution in [0, 0.1) is 6.92 Å². The lowest BCUT2D eigenvalue weighted by Gasteiger charge is -2.18. The number of ether oxygens (including phenoxy) is 2. The molecule has 3 N–H and O–H groups in total. The van der Waals surface area contributed by atoms with E-state index in [1.807, 2.05) is 0 Å². The zero-order valence-electron chi connectivity index (χ0n) is 16.2. The summed E-state index contributed by atoms with van der Waals surface area (Å²) in [4.78, 5) is 48.4. The van der Waals surface area contributed by atoms with Gasteiger partial charge in [-0.3, -0.25) is 19.2 Å². The third-order valence-corrected chi connectivity index (χ3v) is 4.10. The van der Waals surface area contributed by atoms with Crippen molar-refractivity contribution in [3.8, 4) is 0 Å². The molecule has 1 aliphatic heterocycles. The largest absolute Gasteiger partial charge is 0.382 e. The summed E-state index contributed by atoms with van der Waals surface area (Å²) in [7, 11) is 1.37. The van der Waals surface area contributed by atoms with E-state index in [-0.39, 0.29) is 24.7 Å². The van der Waals surface area contributed by atoms with E-state index in [4.69, 9.17) is 14.0 Å². The first-order valence-corrected chi connectivity index (χ1v) is 8.64. The van der Waals surface area contributed by atoms with Crippen molar-refractivity contribution < 1.29 is 33.2 Å². The number of nitrogens with one attached hydrogen (secondary N) is 3. The molecule has 3 atom stereocenters. The molecule has 0 spiro atoms. The second-order valence-corrected chi connectivity index (χ2v) is 6.70. The predicted octanol–water partition coefficient (Wildman–Crippen LogP) is -1.29. The van der Waals surface area contributed by atoms with Crippen molar-refractivity contribution in [2.45, 2.75) is 38.5 Å². The number of Topliss-reactive ketones (excluding diaryl/α,β-unsaturated/α-hetero) is 1. The van der Waals surface area contributed by atoms with Gasteiger partial charge in [-0.25, -0.2) is 0 Å².